The summed E-state index contributed by atoms with van der Waals surface area (Å²) in [6, 6.07) is 6.51. The molecule has 0 bridgehead atoms. The van der Waals surface area contributed by atoms with Crippen molar-refractivity contribution in [2.45, 2.75) is 18.9 Å². The fourth-order valence-corrected chi connectivity index (χ4v) is 1.76. The molecule has 1 atom stereocenters. The maximum atomic E-state index is 5.84. The number of hydrogen-bond donors (Lipinski definition) is 1. The maximum Gasteiger partial charge on any atom is 0.119 e. The van der Waals surface area contributed by atoms with Crippen LogP contribution in [0.1, 0.15) is 11.1 Å². The van der Waals surface area contributed by atoms with Crippen molar-refractivity contribution in [2.24, 2.45) is 5.73 Å². The Morgan fingerprint density at radius 3 is 2.83 bits per heavy atom. The van der Waals surface area contributed by atoms with Crippen LogP contribution in [-0.2, 0) is 12.8 Å². The van der Waals surface area contributed by atoms with Gasteiger partial charge in [0, 0.05) is 6.04 Å². The number of ether oxygens (including phenoxy) is 1. The van der Waals surface area contributed by atoms with Gasteiger partial charge in [-0.3, -0.25) is 0 Å². The second-order valence-corrected chi connectivity index (χ2v) is 3.30. The molecule has 1 aromatic carbocycles. The predicted octanol–water partition coefficient (Wildman–Crippen LogP) is 1.12. The highest BCUT2D eigenvalue weighted by Gasteiger charge is 2.17. The van der Waals surface area contributed by atoms with Crippen LogP contribution >= 0.6 is 0 Å². The zero-order chi connectivity index (χ0) is 8.55. The van der Waals surface area contributed by atoms with Crippen LogP contribution in [0.2, 0.25) is 0 Å². The molecular weight excluding hydrogens is 150 g/mol. The van der Waals surface area contributed by atoms with Crippen LogP contribution in [0.15, 0.2) is 18.2 Å². The summed E-state index contributed by atoms with van der Waals surface area (Å²) in [5.41, 5.74) is 8.56. The Bertz CT molecular complexity index is 296. The minimum atomic E-state index is 0.312. The van der Waals surface area contributed by atoms with Gasteiger partial charge >= 0.3 is 0 Å². The molecule has 0 saturated carbocycles. The van der Waals surface area contributed by atoms with Gasteiger partial charge in [0.15, 0.2) is 0 Å². The molecule has 0 aliphatic heterocycles. The second-order valence-electron chi connectivity index (χ2n) is 3.30. The lowest BCUT2D eigenvalue weighted by Crippen LogP contribution is -2.18. The first kappa shape index (κ1) is 7.62. The molecule has 0 fully saturated rings. The van der Waals surface area contributed by atoms with Gasteiger partial charge in [-0.1, -0.05) is 6.07 Å². The molecule has 0 radical (unpaired) electrons. The molecule has 0 spiro atoms. The zero-order valence-corrected chi connectivity index (χ0v) is 7.21. The molecular formula is C10H13NO. The van der Waals surface area contributed by atoms with Crippen LogP contribution in [0.25, 0.3) is 0 Å². The molecule has 1 aromatic rings. The smallest absolute Gasteiger partial charge is 0.119 e. The monoisotopic (exact) mass is 163 g/mol. The summed E-state index contributed by atoms with van der Waals surface area (Å²) < 4.78 is 5.13. The van der Waals surface area contributed by atoms with E-state index < -0.39 is 0 Å². The largest absolute Gasteiger partial charge is 0.497 e. The molecule has 2 N–H and O–H groups in total. The van der Waals surface area contributed by atoms with E-state index in [0.29, 0.717) is 6.04 Å². The summed E-state index contributed by atoms with van der Waals surface area (Å²) in [5, 5.41) is 0. The standard InChI is InChI=1S/C10H13NO/c1-12-10-3-2-7-4-9(11)5-8(7)6-10/h2-3,6,9H,4-5,11H2,1H3/t9-/m1/s1. The molecule has 2 nitrogen and oxygen atoms in total. The van der Waals surface area contributed by atoms with Gasteiger partial charge in [0.2, 0.25) is 0 Å². The normalized spacial score (nSPS) is 20.7. The number of nitrogens with two attached hydrogens (primary N) is 1. The molecule has 1 aliphatic rings. The fourth-order valence-electron chi connectivity index (χ4n) is 1.76. The van der Waals surface area contributed by atoms with E-state index in [1.165, 1.54) is 11.1 Å². The van der Waals surface area contributed by atoms with Crippen molar-refractivity contribution < 1.29 is 4.74 Å². The highest BCUT2D eigenvalue weighted by atomic mass is 16.5. The third-order valence-electron chi connectivity index (χ3n) is 2.38. The first-order chi connectivity index (χ1) is 5.79. The highest BCUT2D eigenvalue weighted by Crippen LogP contribution is 2.25. The van der Waals surface area contributed by atoms with Crippen LogP contribution in [0, 0.1) is 0 Å². The van der Waals surface area contributed by atoms with E-state index in [1.807, 2.05) is 6.07 Å². The summed E-state index contributed by atoms with van der Waals surface area (Å²) in [6.07, 6.45) is 2.01. The van der Waals surface area contributed by atoms with Crippen LogP contribution in [0.3, 0.4) is 0 Å². The molecule has 2 rings (SSSR count). The summed E-state index contributed by atoms with van der Waals surface area (Å²) in [7, 11) is 1.69. The van der Waals surface area contributed by atoms with Gasteiger partial charge in [0.25, 0.3) is 0 Å². The minimum Gasteiger partial charge on any atom is -0.497 e. The molecule has 0 unspecified atom stereocenters. The average molecular weight is 163 g/mol. The number of benzene rings is 1. The molecule has 64 valence electrons. The van der Waals surface area contributed by atoms with Gasteiger partial charge in [-0.25, -0.2) is 0 Å². The average Bonchev–Trinajstić information content (AvgIpc) is 2.43. The molecule has 0 saturated heterocycles. The zero-order valence-electron chi connectivity index (χ0n) is 7.21. The summed E-state index contributed by atoms with van der Waals surface area (Å²) >= 11 is 0. The number of methoxy groups -OCH3 is 1. The van der Waals surface area contributed by atoms with Crippen molar-refractivity contribution in [1.82, 2.24) is 0 Å². The predicted molar refractivity (Wildman–Crippen MR) is 48.4 cm³/mol. The van der Waals surface area contributed by atoms with Crippen LogP contribution in [0.5, 0.6) is 5.75 Å². The van der Waals surface area contributed by atoms with Crippen molar-refractivity contribution >= 4 is 0 Å². The van der Waals surface area contributed by atoms with Gasteiger partial charge in [0.1, 0.15) is 5.75 Å². The lowest BCUT2D eigenvalue weighted by atomic mass is 10.1. The van der Waals surface area contributed by atoms with E-state index in [2.05, 4.69) is 12.1 Å². The summed E-state index contributed by atoms with van der Waals surface area (Å²) in [6.45, 7) is 0. The Labute approximate surface area is 72.3 Å². The van der Waals surface area contributed by atoms with Crippen molar-refractivity contribution in [3.8, 4) is 5.75 Å². The van der Waals surface area contributed by atoms with E-state index in [9.17, 15) is 0 Å². The lowest BCUT2D eigenvalue weighted by molar-refractivity contribution is 0.414. The number of hydrogen-bond acceptors (Lipinski definition) is 2. The third-order valence-corrected chi connectivity index (χ3v) is 2.38. The molecule has 1 aliphatic carbocycles. The molecule has 12 heavy (non-hydrogen) atoms. The summed E-state index contributed by atoms with van der Waals surface area (Å²) in [5.74, 6) is 0.933. The van der Waals surface area contributed by atoms with Gasteiger partial charge in [-0.05, 0) is 36.1 Å². The van der Waals surface area contributed by atoms with E-state index in [0.717, 1.165) is 18.6 Å². The Hall–Kier alpha value is -1.02. The number of fused-ring (bicyclic) bond motifs is 1. The lowest BCUT2D eigenvalue weighted by Gasteiger charge is -2.02. The molecule has 2 heteroatoms. The fraction of sp³-hybridized carbons (Fsp3) is 0.400. The molecule has 0 heterocycles. The third kappa shape index (κ3) is 1.18. The Balaban J connectivity index is 2.35. The van der Waals surface area contributed by atoms with Crippen LogP contribution < -0.4 is 10.5 Å². The Kier molecular flexibility index (Phi) is 1.77. The maximum absolute atomic E-state index is 5.84. The first-order valence-electron chi connectivity index (χ1n) is 4.21. The van der Waals surface area contributed by atoms with Gasteiger partial charge in [0.05, 0.1) is 7.11 Å². The molecule has 0 aromatic heterocycles. The van der Waals surface area contributed by atoms with E-state index in [4.69, 9.17) is 10.5 Å². The quantitative estimate of drug-likeness (QED) is 0.673. The summed E-state index contributed by atoms with van der Waals surface area (Å²) in [4.78, 5) is 0. The highest BCUT2D eigenvalue weighted by molar-refractivity contribution is 5.39. The SMILES string of the molecule is COc1ccc2c(c1)C[C@H](N)C2. The van der Waals surface area contributed by atoms with Crippen LogP contribution in [-0.4, -0.2) is 13.2 Å². The second kappa shape index (κ2) is 2.79. The Morgan fingerprint density at radius 1 is 1.33 bits per heavy atom. The van der Waals surface area contributed by atoms with Gasteiger partial charge in [-0.15, -0.1) is 0 Å². The van der Waals surface area contributed by atoms with Crippen molar-refractivity contribution in [3.63, 3.8) is 0 Å². The minimum absolute atomic E-state index is 0.312. The topological polar surface area (TPSA) is 35.2 Å². The van der Waals surface area contributed by atoms with Crippen molar-refractivity contribution in [1.29, 1.82) is 0 Å². The number of rotatable bonds is 1. The Morgan fingerprint density at radius 2 is 2.08 bits per heavy atom. The van der Waals surface area contributed by atoms with Crippen molar-refractivity contribution in [3.05, 3.63) is 29.3 Å². The molecule has 0 amide bonds. The van der Waals surface area contributed by atoms with E-state index in [1.54, 1.807) is 7.11 Å². The van der Waals surface area contributed by atoms with E-state index in [-0.39, 0.29) is 0 Å². The van der Waals surface area contributed by atoms with E-state index >= 15 is 0 Å². The van der Waals surface area contributed by atoms with Crippen LogP contribution in [0.4, 0.5) is 0 Å². The van der Waals surface area contributed by atoms with Crippen molar-refractivity contribution in [2.75, 3.05) is 7.11 Å². The van der Waals surface area contributed by atoms with Gasteiger partial charge < -0.3 is 10.5 Å². The van der Waals surface area contributed by atoms with Gasteiger partial charge in [-0.2, -0.15) is 0 Å². The first-order valence-corrected chi connectivity index (χ1v) is 4.21.